The highest BCUT2D eigenvalue weighted by Gasteiger charge is 2.27. The molecule has 0 bridgehead atoms. The van der Waals surface area contributed by atoms with E-state index in [1.165, 1.54) is 6.26 Å². The van der Waals surface area contributed by atoms with E-state index in [9.17, 15) is 13.2 Å². The summed E-state index contributed by atoms with van der Waals surface area (Å²) in [4.78, 5) is 19.8. The van der Waals surface area contributed by atoms with E-state index in [4.69, 9.17) is 4.52 Å². The standard InChI is InChI=1S/C25H30N4O4S/c1-17-5-4-6-21(15-17)24-27-23(33-28-24)16-29-13-11-20(12-14-29)25(30)26-18(2)19-7-9-22(10-8-19)34(3,31)32/h4-10,15,18,20H,11-14,16H2,1-3H3,(H,26,30). The topological polar surface area (TPSA) is 105 Å². The summed E-state index contributed by atoms with van der Waals surface area (Å²) in [6.07, 6.45) is 2.69. The van der Waals surface area contributed by atoms with E-state index < -0.39 is 9.84 Å². The number of nitrogens with one attached hydrogen (secondary N) is 1. The van der Waals surface area contributed by atoms with Crippen LogP contribution in [0.25, 0.3) is 11.4 Å². The average Bonchev–Trinajstić information content (AvgIpc) is 3.27. The summed E-state index contributed by atoms with van der Waals surface area (Å²) in [7, 11) is -3.24. The van der Waals surface area contributed by atoms with Gasteiger partial charge in [-0.05, 0) is 63.5 Å². The first-order valence-corrected chi connectivity index (χ1v) is 13.3. The molecule has 180 valence electrons. The second-order valence-electron chi connectivity index (χ2n) is 9.00. The minimum atomic E-state index is -3.24. The smallest absolute Gasteiger partial charge is 0.241 e. The van der Waals surface area contributed by atoms with Gasteiger partial charge in [-0.2, -0.15) is 4.98 Å². The van der Waals surface area contributed by atoms with E-state index >= 15 is 0 Å². The van der Waals surface area contributed by atoms with Gasteiger partial charge in [-0.1, -0.05) is 41.1 Å². The third-order valence-electron chi connectivity index (χ3n) is 6.23. The number of nitrogens with zero attached hydrogens (tertiary/aromatic N) is 3. The monoisotopic (exact) mass is 482 g/mol. The third-order valence-corrected chi connectivity index (χ3v) is 7.36. The zero-order valence-electron chi connectivity index (χ0n) is 19.7. The minimum absolute atomic E-state index is 0.0267. The predicted molar refractivity (Wildman–Crippen MR) is 129 cm³/mol. The second-order valence-corrected chi connectivity index (χ2v) is 11.0. The van der Waals surface area contributed by atoms with Crippen molar-refractivity contribution in [3.63, 3.8) is 0 Å². The Balaban J connectivity index is 1.27. The lowest BCUT2D eigenvalue weighted by Gasteiger charge is -2.30. The van der Waals surface area contributed by atoms with Crippen LogP contribution in [-0.2, 0) is 21.2 Å². The summed E-state index contributed by atoms with van der Waals surface area (Å²) < 4.78 is 28.7. The summed E-state index contributed by atoms with van der Waals surface area (Å²) in [5, 5.41) is 7.17. The molecule has 1 fully saturated rings. The number of amides is 1. The summed E-state index contributed by atoms with van der Waals surface area (Å²) in [5.74, 6) is 1.13. The molecule has 34 heavy (non-hydrogen) atoms. The van der Waals surface area contributed by atoms with Gasteiger partial charge in [0.2, 0.25) is 17.6 Å². The van der Waals surface area contributed by atoms with Crippen LogP contribution < -0.4 is 5.32 Å². The number of piperidine rings is 1. The van der Waals surface area contributed by atoms with Gasteiger partial charge in [0.05, 0.1) is 17.5 Å². The van der Waals surface area contributed by atoms with Crippen LogP contribution >= 0.6 is 0 Å². The van der Waals surface area contributed by atoms with Crippen molar-refractivity contribution in [3.8, 4) is 11.4 Å². The summed E-state index contributed by atoms with van der Waals surface area (Å²) >= 11 is 0. The first-order chi connectivity index (χ1) is 16.2. The van der Waals surface area contributed by atoms with Gasteiger partial charge in [-0.25, -0.2) is 8.42 Å². The Hall–Kier alpha value is -3.04. The Morgan fingerprint density at radius 3 is 2.53 bits per heavy atom. The minimum Gasteiger partial charge on any atom is -0.349 e. The number of carbonyl (C=O) groups excluding carboxylic acids is 1. The molecule has 8 nitrogen and oxygen atoms in total. The van der Waals surface area contributed by atoms with Crippen molar-refractivity contribution in [3.05, 3.63) is 65.5 Å². The Kier molecular flexibility index (Phi) is 7.13. The lowest BCUT2D eigenvalue weighted by molar-refractivity contribution is -0.127. The zero-order valence-corrected chi connectivity index (χ0v) is 20.5. The molecule has 2 aromatic carbocycles. The predicted octanol–water partition coefficient (Wildman–Crippen LogP) is 3.54. The van der Waals surface area contributed by atoms with Crippen LogP contribution in [-0.4, -0.2) is 48.7 Å². The Morgan fingerprint density at radius 1 is 1.18 bits per heavy atom. The zero-order chi connectivity index (χ0) is 24.3. The molecule has 2 heterocycles. The lowest BCUT2D eigenvalue weighted by Crippen LogP contribution is -2.40. The molecular formula is C25H30N4O4S. The largest absolute Gasteiger partial charge is 0.349 e. The van der Waals surface area contributed by atoms with Gasteiger partial charge in [-0.15, -0.1) is 0 Å². The highest BCUT2D eigenvalue weighted by molar-refractivity contribution is 7.90. The van der Waals surface area contributed by atoms with Crippen LogP contribution in [0.1, 0.15) is 42.8 Å². The second kappa shape index (κ2) is 10.1. The van der Waals surface area contributed by atoms with Gasteiger partial charge in [0, 0.05) is 17.7 Å². The molecule has 1 unspecified atom stereocenters. The summed E-state index contributed by atoms with van der Waals surface area (Å²) in [6.45, 7) is 6.05. The van der Waals surface area contributed by atoms with Gasteiger partial charge in [0.15, 0.2) is 9.84 Å². The molecule has 0 radical (unpaired) electrons. The number of rotatable bonds is 7. The molecule has 0 aliphatic carbocycles. The Morgan fingerprint density at radius 2 is 1.88 bits per heavy atom. The SMILES string of the molecule is Cc1cccc(-c2noc(CN3CCC(C(=O)NC(C)c4ccc(S(C)(=O)=O)cc4)CC3)n2)c1. The van der Waals surface area contributed by atoms with E-state index in [-0.39, 0.29) is 22.8 Å². The summed E-state index contributed by atoms with van der Waals surface area (Å²) in [6, 6.07) is 14.5. The van der Waals surface area contributed by atoms with Crippen molar-refractivity contribution < 1.29 is 17.7 Å². The van der Waals surface area contributed by atoms with Gasteiger partial charge in [-0.3, -0.25) is 9.69 Å². The van der Waals surface area contributed by atoms with Crippen LogP contribution in [0.15, 0.2) is 57.9 Å². The molecular weight excluding hydrogens is 452 g/mol. The van der Waals surface area contributed by atoms with Crippen molar-refractivity contribution >= 4 is 15.7 Å². The van der Waals surface area contributed by atoms with Crippen LogP contribution in [0.4, 0.5) is 0 Å². The van der Waals surface area contributed by atoms with Crippen LogP contribution in [0.5, 0.6) is 0 Å². The maximum absolute atomic E-state index is 12.8. The van der Waals surface area contributed by atoms with E-state index in [1.54, 1.807) is 24.3 Å². The number of benzene rings is 2. The summed E-state index contributed by atoms with van der Waals surface area (Å²) in [5.41, 5.74) is 2.95. The number of sulfone groups is 1. The first kappa shape index (κ1) is 24.1. The molecule has 1 atom stereocenters. The molecule has 4 rings (SSSR count). The van der Waals surface area contributed by atoms with E-state index in [0.717, 1.165) is 42.6 Å². The molecule has 1 amide bonds. The number of likely N-dealkylation sites (tertiary alicyclic amines) is 1. The van der Waals surface area contributed by atoms with Crippen molar-refractivity contribution in [2.24, 2.45) is 5.92 Å². The van der Waals surface area contributed by atoms with E-state index in [0.29, 0.717) is 18.3 Å². The number of hydrogen-bond acceptors (Lipinski definition) is 7. The molecule has 1 aliphatic heterocycles. The number of aromatic nitrogens is 2. The molecule has 1 saturated heterocycles. The molecule has 0 spiro atoms. The van der Waals surface area contributed by atoms with Gasteiger partial charge in [0.1, 0.15) is 0 Å². The van der Waals surface area contributed by atoms with Crippen molar-refractivity contribution in [1.29, 1.82) is 0 Å². The van der Waals surface area contributed by atoms with Gasteiger partial charge in [0.25, 0.3) is 0 Å². The average molecular weight is 483 g/mol. The molecule has 9 heteroatoms. The molecule has 3 aromatic rings. The van der Waals surface area contributed by atoms with Crippen LogP contribution in [0.2, 0.25) is 0 Å². The Bertz CT molecular complexity index is 1250. The van der Waals surface area contributed by atoms with Crippen LogP contribution in [0, 0.1) is 12.8 Å². The van der Waals surface area contributed by atoms with Crippen LogP contribution in [0.3, 0.4) is 0 Å². The molecule has 0 saturated carbocycles. The molecule has 1 N–H and O–H groups in total. The lowest BCUT2D eigenvalue weighted by atomic mass is 9.95. The van der Waals surface area contributed by atoms with E-state index in [1.807, 2.05) is 38.1 Å². The quantitative estimate of drug-likeness (QED) is 0.549. The maximum Gasteiger partial charge on any atom is 0.241 e. The molecule has 1 aromatic heterocycles. The van der Waals surface area contributed by atoms with Crippen molar-refractivity contribution in [1.82, 2.24) is 20.4 Å². The number of hydrogen-bond donors (Lipinski definition) is 1. The fourth-order valence-corrected chi connectivity index (χ4v) is 4.81. The third kappa shape index (κ3) is 5.90. The highest BCUT2D eigenvalue weighted by Crippen LogP contribution is 2.23. The number of aryl methyl sites for hydroxylation is 1. The first-order valence-electron chi connectivity index (χ1n) is 11.4. The fourth-order valence-electron chi connectivity index (χ4n) is 4.18. The Labute approximate surface area is 200 Å². The van der Waals surface area contributed by atoms with Gasteiger partial charge >= 0.3 is 0 Å². The fraction of sp³-hybridized carbons (Fsp3) is 0.400. The normalized spacial score (nSPS) is 16.3. The highest BCUT2D eigenvalue weighted by atomic mass is 32.2. The molecule has 1 aliphatic rings. The van der Waals surface area contributed by atoms with Crippen molar-refractivity contribution in [2.75, 3.05) is 19.3 Å². The number of carbonyl (C=O) groups is 1. The van der Waals surface area contributed by atoms with Gasteiger partial charge < -0.3 is 9.84 Å². The maximum atomic E-state index is 12.8. The van der Waals surface area contributed by atoms with Crippen molar-refractivity contribution in [2.45, 2.75) is 44.2 Å². The van der Waals surface area contributed by atoms with E-state index in [2.05, 4.69) is 20.4 Å².